The molecule has 3 aliphatic rings. The van der Waals surface area contributed by atoms with E-state index < -0.39 is 131 Å². The van der Waals surface area contributed by atoms with Crippen LogP contribution < -0.4 is 5.32 Å². The fourth-order valence-electron chi connectivity index (χ4n) is 14.1. The summed E-state index contributed by atoms with van der Waals surface area (Å²) < 4.78 is 34.5. The van der Waals surface area contributed by atoms with Crippen LogP contribution in [0.3, 0.4) is 0 Å². The maximum Gasteiger partial charge on any atom is 0.220 e. The number of hydrogen-bond donors (Lipinski definition) is 12. The van der Waals surface area contributed by atoms with E-state index in [1.54, 1.807) is 6.08 Å². The van der Waals surface area contributed by atoms with Gasteiger partial charge in [-0.1, -0.05) is 338 Å². The molecule has 0 bridgehead atoms. The van der Waals surface area contributed by atoms with Gasteiger partial charge in [0.05, 0.1) is 38.6 Å². The highest BCUT2D eigenvalue weighted by atomic mass is 16.8. The molecule has 1 amide bonds. The Labute approximate surface area is 700 Å². The molecule has 3 saturated heterocycles. The van der Waals surface area contributed by atoms with Crippen LogP contribution in [-0.4, -0.2) is 193 Å². The lowest BCUT2D eigenvalue weighted by Crippen LogP contribution is -2.66. The molecule has 0 aliphatic carbocycles. The Morgan fingerprint density at radius 3 is 0.966 bits per heavy atom. The molecule has 0 spiro atoms. The summed E-state index contributed by atoms with van der Waals surface area (Å²) in [6.07, 6.45) is 85.0. The molecule has 3 heterocycles. The first-order chi connectivity index (χ1) is 56.8. The number of ether oxygens (including phenoxy) is 6. The largest absolute Gasteiger partial charge is 0.394 e. The van der Waals surface area contributed by atoms with Crippen molar-refractivity contribution < 1.29 is 89.4 Å². The van der Waals surface area contributed by atoms with E-state index in [0.717, 1.165) is 128 Å². The molecule has 3 rings (SSSR count). The maximum atomic E-state index is 13.5. The van der Waals surface area contributed by atoms with Gasteiger partial charge in [0.1, 0.15) is 73.2 Å². The van der Waals surface area contributed by atoms with Crippen molar-refractivity contribution >= 4 is 5.91 Å². The minimum Gasteiger partial charge on any atom is -0.394 e. The van der Waals surface area contributed by atoms with Crippen LogP contribution in [0.4, 0.5) is 0 Å². The second-order valence-electron chi connectivity index (χ2n) is 31.3. The Balaban J connectivity index is 1.37. The molecule has 19 nitrogen and oxygen atoms in total. The van der Waals surface area contributed by atoms with Gasteiger partial charge in [-0.05, 0) is 128 Å². The summed E-state index contributed by atoms with van der Waals surface area (Å²) in [4.78, 5) is 13.5. The summed E-state index contributed by atoms with van der Waals surface area (Å²) in [7, 11) is 0. The van der Waals surface area contributed by atoms with Crippen LogP contribution in [0, 0.1) is 0 Å². The van der Waals surface area contributed by atoms with E-state index >= 15 is 0 Å². The van der Waals surface area contributed by atoms with E-state index in [9.17, 15) is 61.0 Å². The summed E-state index contributed by atoms with van der Waals surface area (Å²) in [5.74, 6) is -0.313. The zero-order valence-corrected chi connectivity index (χ0v) is 71.4. The Morgan fingerprint density at radius 1 is 0.319 bits per heavy atom. The predicted molar refractivity (Wildman–Crippen MR) is 470 cm³/mol. The smallest absolute Gasteiger partial charge is 0.220 e. The van der Waals surface area contributed by atoms with Gasteiger partial charge in [0.2, 0.25) is 5.91 Å². The molecular weight excluding hydrogens is 1470 g/mol. The fourth-order valence-corrected chi connectivity index (χ4v) is 14.1. The van der Waals surface area contributed by atoms with Gasteiger partial charge >= 0.3 is 0 Å². The van der Waals surface area contributed by atoms with Crippen LogP contribution in [0.15, 0.2) is 170 Å². The van der Waals surface area contributed by atoms with E-state index in [1.807, 2.05) is 6.08 Å². The lowest BCUT2D eigenvalue weighted by Gasteiger charge is -2.48. The Morgan fingerprint density at radius 2 is 0.603 bits per heavy atom. The number of aliphatic hydroxyl groups excluding tert-OH is 11. The first kappa shape index (κ1) is 105. The summed E-state index contributed by atoms with van der Waals surface area (Å²) in [6, 6.07) is -1.02. The van der Waals surface area contributed by atoms with Crippen molar-refractivity contribution in [3.8, 4) is 0 Å². The number of hydrogen-bond acceptors (Lipinski definition) is 18. The highest BCUT2D eigenvalue weighted by Crippen LogP contribution is 2.33. The summed E-state index contributed by atoms with van der Waals surface area (Å²) in [5, 5.41) is 121. The van der Waals surface area contributed by atoms with E-state index in [-0.39, 0.29) is 12.3 Å². The minimum absolute atomic E-state index is 0.198. The van der Waals surface area contributed by atoms with Crippen LogP contribution in [0.5, 0.6) is 0 Å². The standard InChI is InChI=1S/C97H161NO18/c1-3-5-7-9-11-13-15-17-19-21-23-25-27-29-31-33-35-37-38-39-40-41-42-43-45-47-49-51-53-55-57-59-61-63-65-67-69-71-73-75-85(103)98-80(81(102)74-72-70-68-66-64-62-60-58-56-54-52-50-48-46-44-36-34-32-30-28-26-24-22-20-18-16-14-12-10-8-6-4-2)79-111-95-91(109)88(106)93(83(77-100)113-95)116-97-92(110)89(107)94(84(78-101)114-97)115-96-90(108)87(105)86(104)82(76-99)112-96/h5,7,11,13,17,19,23,25,29,31,35,37,39-40,42-43,47,49,53,55-56,58-59,61,64,66,72,74,80-84,86-97,99-102,104-110H,3-4,6,8-10,12,14-16,18,20-22,24,26-28,30,32-34,36,38,41,44-46,48,50-52,54,57,60,62-63,65,67-71,73,75-79H2,1-2H3,(H,98,103)/b7-5-,13-11-,19-17-,25-23-,31-29-,37-35-,40-39-,43-42-,49-47-,55-53-,58-56+,61-59-,66-64+,74-72+. The molecule has 3 fully saturated rings. The monoisotopic (exact) mass is 1630 g/mol. The number of carbonyl (C=O) groups excluding carboxylic acids is 1. The van der Waals surface area contributed by atoms with Crippen molar-refractivity contribution in [3.05, 3.63) is 170 Å². The van der Waals surface area contributed by atoms with Gasteiger partial charge in [0, 0.05) is 6.42 Å². The minimum atomic E-state index is -2.00. The van der Waals surface area contributed by atoms with Gasteiger partial charge in [0.15, 0.2) is 18.9 Å². The predicted octanol–water partition coefficient (Wildman–Crippen LogP) is 17.7. The van der Waals surface area contributed by atoms with Gasteiger partial charge in [-0.3, -0.25) is 4.79 Å². The molecule has 12 N–H and O–H groups in total. The molecule has 0 aromatic heterocycles. The molecule has 17 atom stereocenters. The molecule has 17 unspecified atom stereocenters. The van der Waals surface area contributed by atoms with Crippen molar-refractivity contribution in [1.29, 1.82) is 0 Å². The molecule has 19 heteroatoms. The lowest BCUT2D eigenvalue weighted by atomic mass is 9.96. The number of carbonyl (C=O) groups is 1. The molecule has 0 radical (unpaired) electrons. The molecular formula is C97H161NO18. The number of nitrogens with one attached hydrogen (secondary N) is 1. The number of rotatable bonds is 71. The first-order valence-electron chi connectivity index (χ1n) is 45.4. The van der Waals surface area contributed by atoms with Crippen LogP contribution in [-0.2, 0) is 33.2 Å². The van der Waals surface area contributed by atoms with Crippen molar-refractivity contribution in [2.45, 2.75) is 407 Å². The SMILES string of the molecule is CC/C=C\C/C=C\C/C=C\C/C=C\C/C=C\C/C=C\C/C=C\C/C=C\C/C=C\C/C=C\C/C=C\CCCCCCCC(=O)NC(COC1OC(CO)C(OC2OC(CO)C(OC3OC(CO)C(O)C(O)C3O)C(O)C2O)C(O)C1O)C(O)/C=C/CC/C=C/CC/C=C/CCCCCCCCCCCCCCCCCCCCCCCC. The number of amides is 1. The van der Waals surface area contributed by atoms with E-state index in [2.05, 4.69) is 177 Å². The second-order valence-corrected chi connectivity index (χ2v) is 31.3. The zero-order chi connectivity index (χ0) is 83.8. The van der Waals surface area contributed by atoms with Gasteiger partial charge in [-0.25, -0.2) is 0 Å². The van der Waals surface area contributed by atoms with Crippen LogP contribution in [0.25, 0.3) is 0 Å². The topological polar surface area (TPSA) is 307 Å². The Bertz CT molecular complexity index is 2770. The van der Waals surface area contributed by atoms with Gasteiger partial charge in [0.25, 0.3) is 0 Å². The summed E-state index contributed by atoms with van der Waals surface area (Å²) in [5.41, 5.74) is 0. The zero-order valence-electron chi connectivity index (χ0n) is 71.4. The first-order valence-corrected chi connectivity index (χ1v) is 45.4. The van der Waals surface area contributed by atoms with E-state index in [1.165, 1.54) is 141 Å². The van der Waals surface area contributed by atoms with Crippen LogP contribution in [0.1, 0.15) is 303 Å². The van der Waals surface area contributed by atoms with E-state index in [0.29, 0.717) is 12.8 Å². The average Bonchev–Trinajstić information content (AvgIpc) is 0.779. The highest BCUT2D eigenvalue weighted by molar-refractivity contribution is 5.76. The molecule has 0 saturated carbocycles. The third-order valence-corrected chi connectivity index (χ3v) is 21.2. The van der Waals surface area contributed by atoms with Crippen molar-refractivity contribution in [3.63, 3.8) is 0 Å². The van der Waals surface area contributed by atoms with Gasteiger partial charge in [-0.15, -0.1) is 0 Å². The molecule has 0 aromatic rings. The number of aliphatic hydroxyl groups is 11. The van der Waals surface area contributed by atoms with E-state index in [4.69, 9.17) is 28.4 Å². The quantitative estimate of drug-likeness (QED) is 0.0199. The number of allylic oxidation sites excluding steroid dienone is 27. The molecule has 116 heavy (non-hydrogen) atoms. The molecule has 0 aromatic carbocycles. The normalized spacial score (nSPS) is 25.3. The second kappa shape index (κ2) is 74.0. The lowest BCUT2D eigenvalue weighted by molar-refractivity contribution is -0.379. The van der Waals surface area contributed by atoms with Crippen molar-refractivity contribution in [2.75, 3.05) is 26.4 Å². The van der Waals surface area contributed by atoms with Crippen LogP contribution in [0.2, 0.25) is 0 Å². The third kappa shape index (κ3) is 51.7. The summed E-state index contributed by atoms with van der Waals surface area (Å²) >= 11 is 0. The van der Waals surface area contributed by atoms with Gasteiger partial charge in [-0.2, -0.15) is 0 Å². The van der Waals surface area contributed by atoms with Crippen molar-refractivity contribution in [2.24, 2.45) is 0 Å². The molecule has 662 valence electrons. The highest BCUT2D eigenvalue weighted by Gasteiger charge is 2.54. The van der Waals surface area contributed by atoms with Crippen molar-refractivity contribution in [1.82, 2.24) is 5.32 Å². The molecule has 3 aliphatic heterocycles. The average molecular weight is 1630 g/mol. The maximum absolute atomic E-state index is 13.5. The van der Waals surface area contributed by atoms with Crippen LogP contribution >= 0.6 is 0 Å². The Kier molecular flexibility index (Phi) is 67.2. The van der Waals surface area contributed by atoms with Gasteiger partial charge < -0.3 is 89.9 Å². The Hall–Kier alpha value is -4.85. The number of unbranched alkanes of at least 4 members (excludes halogenated alkanes) is 29. The fraction of sp³-hybridized carbons (Fsp3) is 0.701. The summed E-state index contributed by atoms with van der Waals surface area (Å²) in [6.45, 7) is 1.59. The third-order valence-electron chi connectivity index (χ3n) is 21.2.